The summed E-state index contributed by atoms with van der Waals surface area (Å²) in [4.78, 5) is 16.2. The van der Waals surface area contributed by atoms with E-state index in [1.54, 1.807) is 11.6 Å². The van der Waals surface area contributed by atoms with Crippen molar-refractivity contribution in [1.82, 2.24) is 14.8 Å². The van der Waals surface area contributed by atoms with Gasteiger partial charge in [-0.3, -0.25) is 4.68 Å². The number of methoxy groups -OCH3 is 1. The molecule has 0 saturated heterocycles. The van der Waals surface area contributed by atoms with E-state index >= 15 is 0 Å². The number of rotatable bonds is 2. The van der Waals surface area contributed by atoms with Gasteiger partial charge in [0.2, 0.25) is 0 Å². The number of ether oxygens (including phenoxy) is 1. The van der Waals surface area contributed by atoms with Gasteiger partial charge in [0.1, 0.15) is 15.6 Å². The van der Waals surface area contributed by atoms with Gasteiger partial charge in [0.25, 0.3) is 0 Å². The summed E-state index contributed by atoms with van der Waals surface area (Å²) in [6.45, 7) is 1.79. The second-order valence-corrected chi connectivity index (χ2v) is 4.30. The molecule has 5 nitrogen and oxygen atoms in total. The van der Waals surface area contributed by atoms with Gasteiger partial charge in [0.15, 0.2) is 0 Å². The molecule has 2 aromatic rings. The van der Waals surface area contributed by atoms with E-state index in [9.17, 15) is 4.79 Å². The number of thiazole rings is 1. The largest absolute Gasteiger partial charge is 0.465 e. The van der Waals surface area contributed by atoms with Gasteiger partial charge >= 0.3 is 5.97 Å². The molecule has 0 radical (unpaired) electrons. The van der Waals surface area contributed by atoms with Gasteiger partial charge in [-0.1, -0.05) is 0 Å². The zero-order valence-corrected chi connectivity index (χ0v) is 10.0. The minimum Gasteiger partial charge on any atom is -0.465 e. The van der Waals surface area contributed by atoms with Crippen LogP contribution >= 0.6 is 11.3 Å². The zero-order valence-electron chi connectivity index (χ0n) is 9.22. The monoisotopic (exact) mass is 237 g/mol. The molecule has 0 atom stereocenters. The van der Waals surface area contributed by atoms with Gasteiger partial charge in [-0.05, 0) is 13.0 Å². The molecule has 84 valence electrons. The summed E-state index contributed by atoms with van der Waals surface area (Å²) in [6.07, 6.45) is 1.84. The number of nitrogens with zero attached hydrogens (tertiary/aromatic N) is 3. The van der Waals surface area contributed by atoms with Crippen LogP contribution < -0.4 is 0 Å². The second kappa shape index (κ2) is 4.05. The molecular formula is C10H11N3O2S. The van der Waals surface area contributed by atoms with Gasteiger partial charge in [-0.25, -0.2) is 9.78 Å². The first kappa shape index (κ1) is 10.8. The van der Waals surface area contributed by atoms with Crippen molar-refractivity contribution in [2.75, 3.05) is 7.11 Å². The Bertz CT molecular complexity index is 530. The van der Waals surface area contributed by atoms with Crippen LogP contribution in [0, 0.1) is 6.92 Å². The van der Waals surface area contributed by atoms with Crippen molar-refractivity contribution in [2.45, 2.75) is 6.92 Å². The molecule has 0 fully saturated rings. The predicted octanol–water partition coefficient (Wildman–Crippen LogP) is 1.64. The van der Waals surface area contributed by atoms with Crippen LogP contribution in [0.1, 0.15) is 15.4 Å². The summed E-state index contributed by atoms with van der Waals surface area (Å²) in [6, 6.07) is 1.86. The number of hydrogen-bond donors (Lipinski definition) is 0. The van der Waals surface area contributed by atoms with E-state index in [1.807, 2.05) is 19.3 Å². The summed E-state index contributed by atoms with van der Waals surface area (Å²) in [5, 5.41) is 4.97. The van der Waals surface area contributed by atoms with Crippen molar-refractivity contribution in [2.24, 2.45) is 7.05 Å². The van der Waals surface area contributed by atoms with E-state index in [2.05, 4.69) is 14.8 Å². The zero-order chi connectivity index (χ0) is 11.7. The SMILES string of the molecule is COC(=O)c1sc(-c2ccn(C)n2)nc1C. The van der Waals surface area contributed by atoms with Crippen molar-refractivity contribution in [3.8, 4) is 10.7 Å². The Labute approximate surface area is 96.7 Å². The van der Waals surface area contributed by atoms with E-state index < -0.39 is 0 Å². The molecule has 2 aromatic heterocycles. The molecule has 0 N–H and O–H groups in total. The van der Waals surface area contributed by atoms with Gasteiger partial charge in [0.05, 0.1) is 12.8 Å². The van der Waals surface area contributed by atoms with Crippen LogP contribution in [0.25, 0.3) is 10.7 Å². The molecule has 0 aliphatic rings. The smallest absolute Gasteiger partial charge is 0.349 e. The standard InChI is InChI=1S/C10H11N3O2S/c1-6-8(10(14)15-3)16-9(11-6)7-4-5-13(2)12-7/h4-5H,1-3H3. The number of aryl methyl sites for hydroxylation is 2. The third-order valence-electron chi connectivity index (χ3n) is 2.10. The van der Waals surface area contributed by atoms with Crippen LogP contribution in [0.2, 0.25) is 0 Å². The highest BCUT2D eigenvalue weighted by atomic mass is 32.1. The molecule has 0 saturated carbocycles. The second-order valence-electron chi connectivity index (χ2n) is 3.30. The molecule has 2 heterocycles. The molecule has 2 rings (SSSR count). The molecular weight excluding hydrogens is 226 g/mol. The van der Waals surface area contributed by atoms with Crippen molar-refractivity contribution in [1.29, 1.82) is 0 Å². The molecule has 0 spiro atoms. The molecule has 6 heteroatoms. The Morgan fingerprint density at radius 3 is 2.88 bits per heavy atom. The maximum Gasteiger partial charge on any atom is 0.349 e. The summed E-state index contributed by atoms with van der Waals surface area (Å²) >= 11 is 1.30. The minimum atomic E-state index is -0.350. The van der Waals surface area contributed by atoms with Crippen LogP contribution in [-0.4, -0.2) is 27.8 Å². The Morgan fingerprint density at radius 2 is 2.31 bits per heavy atom. The van der Waals surface area contributed by atoms with E-state index in [4.69, 9.17) is 0 Å². The van der Waals surface area contributed by atoms with Crippen molar-refractivity contribution < 1.29 is 9.53 Å². The van der Waals surface area contributed by atoms with E-state index in [0.29, 0.717) is 10.6 Å². The predicted molar refractivity (Wildman–Crippen MR) is 60.4 cm³/mol. The number of carbonyl (C=O) groups excluding carboxylic acids is 1. The number of esters is 1. The molecule has 0 unspecified atom stereocenters. The van der Waals surface area contributed by atoms with Crippen LogP contribution in [0.3, 0.4) is 0 Å². The lowest BCUT2D eigenvalue weighted by Crippen LogP contribution is -1.99. The molecule has 0 aliphatic heterocycles. The molecule has 16 heavy (non-hydrogen) atoms. The highest BCUT2D eigenvalue weighted by Gasteiger charge is 2.17. The highest BCUT2D eigenvalue weighted by Crippen LogP contribution is 2.26. The fourth-order valence-corrected chi connectivity index (χ4v) is 2.27. The third kappa shape index (κ3) is 1.83. The molecule has 0 aliphatic carbocycles. The van der Waals surface area contributed by atoms with Crippen molar-refractivity contribution in [3.05, 3.63) is 22.8 Å². The topological polar surface area (TPSA) is 57.0 Å². The van der Waals surface area contributed by atoms with Crippen LogP contribution in [0.5, 0.6) is 0 Å². The lowest BCUT2D eigenvalue weighted by molar-refractivity contribution is 0.0605. The Balaban J connectivity index is 2.41. The third-order valence-corrected chi connectivity index (χ3v) is 3.26. The fourth-order valence-electron chi connectivity index (χ4n) is 1.32. The first-order valence-corrected chi connectivity index (χ1v) is 5.49. The normalized spacial score (nSPS) is 10.4. The summed E-state index contributed by atoms with van der Waals surface area (Å²) in [5.74, 6) is -0.350. The average Bonchev–Trinajstić information content (AvgIpc) is 2.83. The molecule has 0 amide bonds. The number of aromatic nitrogens is 3. The van der Waals surface area contributed by atoms with Gasteiger partial charge < -0.3 is 4.74 Å². The quantitative estimate of drug-likeness (QED) is 0.745. The Hall–Kier alpha value is -1.69. The number of carbonyl (C=O) groups is 1. The van der Waals surface area contributed by atoms with Gasteiger partial charge in [-0.15, -0.1) is 11.3 Å². The average molecular weight is 237 g/mol. The summed E-state index contributed by atoms with van der Waals surface area (Å²) < 4.78 is 6.38. The fraction of sp³-hybridized carbons (Fsp3) is 0.300. The van der Waals surface area contributed by atoms with E-state index in [-0.39, 0.29) is 5.97 Å². The molecule has 0 aromatic carbocycles. The van der Waals surface area contributed by atoms with Gasteiger partial charge in [0, 0.05) is 13.2 Å². The number of hydrogen-bond acceptors (Lipinski definition) is 5. The first-order chi connectivity index (χ1) is 7.61. The first-order valence-electron chi connectivity index (χ1n) is 4.67. The van der Waals surface area contributed by atoms with Crippen LogP contribution in [0.15, 0.2) is 12.3 Å². The summed E-state index contributed by atoms with van der Waals surface area (Å²) in [5.41, 5.74) is 1.45. The summed E-state index contributed by atoms with van der Waals surface area (Å²) in [7, 11) is 3.20. The maximum absolute atomic E-state index is 11.4. The van der Waals surface area contributed by atoms with Crippen LogP contribution in [0.4, 0.5) is 0 Å². The maximum atomic E-state index is 11.4. The Kier molecular flexibility index (Phi) is 2.74. The highest BCUT2D eigenvalue weighted by molar-refractivity contribution is 7.17. The van der Waals surface area contributed by atoms with Gasteiger partial charge in [-0.2, -0.15) is 5.10 Å². The lowest BCUT2D eigenvalue weighted by atomic mass is 10.4. The van der Waals surface area contributed by atoms with Crippen molar-refractivity contribution >= 4 is 17.3 Å². The van der Waals surface area contributed by atoms with E-state index in [0.717, 1.165) is 10.7 Å². The Morgan fingerprint density at radius 1 is 1.56 bits per heavy atom. The van der Waals surface area contributed by atoms with Crippen LogP contribution in [-0.2, 0) is 11.8 Å². The minimum absolute atomic E-state index is 0.350. The lowest BCUT2D eigenvalue weighted by Gasteiger charge is -1.93. The van der Waals surface area contributed by atoms with Crippen molar-refractivity contribution in [3.63, 3.8) is 0 Å². The van der Waals surface area contributed by atoms with E-state index in [1.165, 1.54) is 18.4 Å². The molecule has 0 bridgehead atoms.